The van der Waals surface area contributed by atoms with Gasteiger partial charge in [-0.25, -0.2) is 0 Å². The SMILES string of the molecule is O=C(NC1CCN(Cc2ccccc2)CC1)C(=O)c1ccccc1. The number of hydrogen-bond donors (Lipinski definition) is 1. The first kappa shape index (κ1) is 16.4. The van der Waals surface area contributed by atoms with Crippen molar-refractivity contribution in [3.05, 3.63) is 71.8 Å². The summed E-state index contributed by atoms with van der Waals surface area (Å²) in [5, 5.41) is 2.89. The Morgan fingerprint density at radius 3 is 2.12 bits per heavy atom. The van der Waals surface area contributed by atoms with Gasteiger partial charge in [0.25, 0.3) is 5.91 Å². The molecule has 0 bridgehead atoms. The van der Waals surface area contributed by atoms with Gasteiger partial charge in [-0.2, -0.15) is 0 Å². The van der Waals surface area contributed by atoms with Crippen molar-refractivity contribution in [2.45, 2.75) is 25.4 Å². The van der Waals surface area contributed by atoms with Crippen LogP contribution in [0.4, 0.5) is 0 Å². The average Bonchev–Trinajstić information content (AvgIpc) is 2.64. The second kappa shape index (κ2) is 7.88. The second-order valence-corrected chi connectivity index (χ2v) is 6.20. The standard InChI is InChI=1S/C20H22N2O2/c23-19(17-9-5-2-6-10-17)20(24)21-18-11-13-22(14-12-18)15-16-7-3-1-4-8-16/h1-10,18H,11-15H2,(H,21,24). The van der Waals surface area contributed by atoms with E-state index < -0.39 is 11.7 Å². The van der Waals surface area contributed by atoms with Gasteiger partial charge in [-0.1, -0.05) is 60.7 Å². The molecule has 1 fully saturated rings. The van der Waals surface area contributed by atoms with Gasteiger partial charge in [0.1, 0.15) is 0 Å². The van der Waals surface area contributed by atoms with E-state index in [2.05, 4.69) is 34.5 Å². The van der Waals surface area contributed by atoms with Gasteiger partial charge in [0.2, 0.25) is 5.78 Å². The van der Waals surface area contributed by atoms with Crippen LogP contribution in [-0.2, 0) is 11.3 Å². The van der Waals surface area contributed by atoms with E-state index in [1.165, 1.54) is 5.56 Å². The molecule has 0 radical (unpaired) electrons. The highest BCUT2D eigenvalue weighted by Gasteiger charge is 2.24. The molecular weight excluding hydrogens is 300 g/mol. The largest absolute Gasteiger partial charge is 0.346 e. The lowest BCUT2D eigenvalue weighted by Gasteiger charge is -2.32. The molecule has 0 unspecified atom stereocenters. The molecule has 2 aromatic rings. The zero-order valence-electron chi connectivity index (χ0n) is 13.7. The predicted octanol–water partition coefficient (Wildman–Crippen LogP) is 2.65. The molecule has 0 aromatic heterocycles. The Morgan fingerprint density at radius 1 is 0.917 bits per heavy atom. The molecule has 3 rings (SSSR count). The number of rotatable bonds is 5. The molecule has 24 heavy (non-hydrogen) atoms. The number of nitrogens with one attached hydrogen (secondary N) is 1. The maximum atomic E-state index is 12.1. The quantitative estimate of drug-likeness (QED) is 0.680. The molecular formula is C20H22N2O2. The van der Waals surface area contributed by atoms with Crippen molar-refractivity contribution in [1.82, 2.24) is 10.2 Å². The molecule has 2 aromatic carbocycles. The average molecular weight is 322 g/mol. The summed E-state index contributed by atoms with van der Waals surface area (Å²) in [6.45, 7) is 2.79. The number of piperidine rings is 1. The lowest BCUT2D eigenvalue weighted by Crippen LogP contribution is -2.46. The number of ketones is 1. The number of carbonyl (C=O) groups is 2. The molecule has 124 valence electrons. The van der Waals surface area contributed by atoms with Crippen LogP contribution >= 0.6 is 0 Å². The number of amides is 1. The fourth-order valence-corrected chi connectivity index (χ4v) is 3.05. The van der Waals surface area contributed by atoms with E-state index in [4.69, 9.17) is 0 Å². The van der Waals surface area contributed by atoms with Gasteiger partial charge in [0, 0.05) is 31.2 Å². The molecule has 0 saturated carbocycles. The van der Waals surface area contributed by atoms with Crippen molar-refractivity contribution in [3.8, 4) is 0 Å². The first-order chi connectivity index (χ1) is 11.7. The molecule has 1 aliphatic rings. The monoisotopic (exact) mass is 322 g/mol. The van der Waals surface area contributed by atoms with Crippen LogP contribution < -0.4 is 5.32 Å². The van der Waals surface area contributed by atoms with E-state index >= 15 is 0 Å². The highest BCUT2D eigenvalue weighted by molar-refractivity contribution is 6.42. The van der Waals surface area contributed by atoms with E-state index in [1.807, 2.05) is 12.1 Å². The molecule has 0 aliphatic carbocycles. The van der Waals surface area contributed by atoms with Crippen LogP contribution in [-0.4, -0.2) is 35.7 Å². The third-order valence-corrected chi connectivity index (χ3v) is 4.41. The zero-order chi connectivity index (χ0) is 16.8. The molecule has 1 aliphatic heterocycles. The number of nitrogens with zero attached hydrogens (tertiary/aromatic N) is 1. The molecule has 1 amide bonds. The number of hydrogen-bond acceptors (Lipinski definition) is 3. The Hall–Kier alpha value is -2.46. The predicted molar refractivity (Wildman–Crippen MR) is 93.7 cm³/mol. The second-order valence-electron chi connectivity index (χ2n) is 6.20. The van der Waals surface area contributed by atoms with Gasteiger partial charge < -0.3 is 5.32 Å². The molecule has 1 N–H and O–H groups in total. The summed E-state index contributed by atoms with van der Waals surface area (Å²) in [7, 11) is 0. The fraction of sp³-hybridized carbons (Fsp3) is 0.300. The van der Waals surface area contributed by atoms with Crippen LogP contribution in [0.1, 0.15) is 28.8 Å². The Balaban J connectivity index is 1.47. The molecule has 4 heteroatoms. The lowest BCUT2D eigenvalue weighted by molar-refractivity contribution is -0.118. The maximum absolute atomic E-state index is 12.1. The topological polar surface area (TPSA) is 49.4 Å². The number of benzene rings is 2. The van der Waals surface area contributed by atoms with Crippen molar-refractivity contribution >= 4 is 11.7 Å². The van der Waals surface area contributed by atoms with Crippen molar-refractivity contribution in [3.63, 3.8) is 0 Å². The van der Waals surface area contributed by atoms with E-state index in [0.29, 0.717) is 5.56 Å². The van der Waals surface area contributed by atoms with Crippen molar-refractivity contribution in [1.29, 1.82) is 0 Å². The summed E-state index contributed by atoms with van der Waals surface area (Å²) < 4.78 is 0. The van der Waals surface area contributed by atoms with Crippen molar-refractivity contribution < 1.29 is 9.59 Å². The van der Waals surface area contributed by atoms with Gasteiger partial charge in [0.15, 0.2) is 0 Å². The maximum Gasteiger partial charge on any atom is 0.292 e. The smallest absolute Gasteiger partial charge is 0.292 e. The minimum atomic E-state index is -0.497. The molecule has 1 saturated heterocycles. The summed E-state index contributed by atoms with van der Waals surface area (Å²) in [5.41, 5.74) is 1.75. The normalized spacial score (nSPS) is 15.8. The molecule has 1 heterocycles. The van der Waals surface area contributed by atoms with Crippen LogP contribution in [0.15, 0.2) is 60.7 Å². The van der Waals surface area contributed by atoms with E-state index in [1.54, 1.807) is 24.3 Å². The minimum absolute atomic E-state index is 0.0807. The Bertz CT molecular complexity index is 677. The molecule has 0 spiro atoms. The van der Waals surface area contributed by atoms with Gasteiger partial charge in [-0.15, -0.1) is 0 Å². The Kier molecular flexibility index (Phi) is 5.39. The van der Waals surface area contributed by atoms with Crippen LogP contribution in [0.3, 0.4) is 0 Å². The first-order valence-electron chi connectivity index (χ1n) is 8.39. The summed E-state index contributed by atoms with van der Waals surface area (Å²) >= 11 is 0. The van der Waals surface area contributed by atoms with Gasteiger partial charge in [0.05, 0.1) is 0 Å². The fourth-order valence-electron chi connectivity index (χ4n) is 3.05. The Morgan fingerprint density at radius 2 is 1.50 bits per heavy atom. The number of carbonyl (C=O) groups excluding carboxylic acids is 2. The highest BCUT2D eigenvalue weighted by atomic mass is 16.2. The number of Topliss-reactive ketones (excluding diaryl/α,β-unsaturated/α-hetero) is 1. The molecule has 0 atom stereocenters. The summed E-state index contributed by atoms with van der Waals surface area (Å²) in [5.74, 6) is -0.954. The van der Waals surface area contributed by atoms with Crippen LogP contribution in [0.25, 0.3) is 0 Å². The van der Waals surface area contributed by atoms with Gasteiger partial charge in [-0.3, -0.25) is 14.5 Å². The number of likely N-dealkylation sites (tertiary alicyclic amines) is 1. The third-order valence-electron chi connectivity index (χ3n) is 4.41. The summed E-state index contributed by atoms with van der Waals surface area (Å²) in [6, 6.07) is 19.2. The van der Waals surface area contributed by atoms with E-state index in [0.717, 1.165) is 32.5 Å². The first-order valence-corrected chi connectivity index (χ1v) is 8.39. The van der Waals surface area contributed by atoms with Crippen LogP contribution in [0, 0.1) is 0 Å². The minimum Gasteiger partial charge on any atom is -0.346 e. The zero-order valence-corrected chi connectivity index (χ0v) is 13.7. The van der Waals surface area contributed by atoms with Crippen molar-refractivity contribution in [2.75, 3.05) is 13.1 Å². The summed E-state index contributed by atoms with van der Waals surface area (Å²) in [6.07, 6.45) is 1.75. The molecule has 4 nitrogen and oxygen atoms in total. The van der Waals surface area contributed by atoms with Crippen LogP contribution in [0.5, 0.6) is 0 Å². The van der Waals surface area contributed by atoms with Gasteiger partial charge >= 0.3 is 0 Å². The van der Waals surface area contributed by atoms with E-state index in [-0.39, 0.29) is 6.04 Å². The van der Waals surface area contributed by atoms with Crippen LogP contribution in [0.2, 0.25) is 0 Å². The van der Waals surface area contributed by atoms with E-state index in [9.17, 15) is 9.59 Å². The third kappa shape index (κ3) is 4.30. The van der Waals surface area contributed by atoms with Crippen molar-refractivity contribution in [2.24, 2.45) is 0 Å². The van der Waals surface area contributed by atoms with Gasteiger partial charge in [-0.05, 0) is 18.4 Å². The highest BCUT2D eigenvalue weighted by Crippen LogP contribution is 2.14. The lowest BCUT2D eigenvalue weighted by atomic mass is 10.0. The summed E-state index contributed by atoms with van der Waals surface area (Å²) in [4.78, 5) is 26.6. The Labute approximate surface area is 142 Å².